The smallest absolute Gasteiger partial charge is 0.200 e. The van der Waals surface area contributed by atoms with Crippen molar-refractivity contribution in [2.24, 2.45) is 4.99 Å². The molecular weight excluding hydrogens is 140 g/mol. The molecule has 0 aromatic rings. The number of hydrogen-bond acceptors (Lipinski definition) is 3. The minimum Gasteiger partial charge on any atom is -0.383 e. The number of aliphatic imine (C=N–C) groups is 1. The first-order chi connectivity index (χ1) is 5.07. The van der Waals surface area contributed by atoms with Crippen LogP contribution < -0.4 is 0 Å². The van der Waals surface area contributed by atoms with Gasteiger partial charge in [0.25, 0.3) is 0 Å². The summed E-state index contributed by atoms with van der Waals surface area (Å²) >= 11 is 0. The van der Waals surface area contributed by atoms with Crippen molar-refractivity contribution in [1.29, 1.82) is 0 Å². The Labute approximate surface area is 67.4 Å². The molecular formula is C8H14N2O. The molecule has 0 radical (unpaired) electrons. The maximum absolute atomic E-state index is 11.0. The van der Waals surface area contributed by atoms with Crippen LogP contribution >= 0.6 is 0 Å². The molecule has 3 heteroatoms. The van der Waals surface area contributed by atoms with E-state index in [1.807, 2.05) is 14.1 Å². The summed E-state index contributed by atoms with van der Waals surface area (Å²) in [6, 6.07) is 0. The first-order valence-electron chi connectivity index (χ1n) is 3.40. The van der Waals surface area contributed by atoms with Gasteiger partial charge in [-0.1, -0.05) is 0 Å². The van der Waals surface area contributed by atoms with E-state index in [9.17, 15) is 4.79 Å². The van der Waals surface area contributed by atoms with E-state index in [0.29, 0.717) is 5.71 Å². The molecule has 62 valence electrons. The van der Waals surface area contributed by atoms with Crippen LogP contribution in [0.25, 0.3) is 0 Å². The molecule has 0 amide bonds. The van der Waals surface area contributed by atoms with Crippen molar-refractivity contribution in [2.45, 2.75) is 6.92 Å². The van der Waals surface area contributed by atoms with Crippen LogP contribution in [0.15, 0.2) is 17.3 Å². The molecule has 0 fully saturated rings. The molecule has 0 saturated carbocycles. The lowest BCUT2D eigenvalue weighted by atomic mass is 10.2. The van der Waals surface area contributed by atoms with Gasteiger partial charge in [-0.25, -0.2) is 0 Å². The number of ketones is 1. The van der Waals surface area contributed by atoms with Gasteiger partial charge < -0.3 is 4.90 Å². The Hall–Kier alpha value is -1.12. The predicted octanol–water partition coefficient (Wildman–Crippen LogP) is 0.722. The van der Waals surface area contributed by atoms with Crippen molar-refractivity contribution in [1.82, 2.24) is 4.90 Å². The molecule has 0 unspecified atom stereocenters. The molecule has 0 aliphatic carbocycles. The van der Waals surface area contributed by atoms with Crippen LogP contribution in [0.3, 0.4) is 0 Å². The number of rotatable bonds is 3. The second-order valence-corrected chi connectivity index (χ2v) is 2.45. The number of carbonyl (C=O) groups is 1. The zero-order chi connectivity index (χ0) is 8.85. The van der Waals surface area contributed by atoms with E-state index in [-0.39, 0.29) is 5.78 Å². The summed E-state index contributed by atoms with van der Waals surface area (Å²) in [6.07, 6.45) is 3.21. The molecule has 0 aliphatic rings. The summed E-state index contributed by atoms with van der Waals surface area (Å²) in [6.45, 7) is 1.70. The van der Waals surface area contributed by atoms with E-state index < -0.39 is 0 Å². The van der Waals surface area contributed by atoms with Gasteiger partial charge in [0.2, 0.25) is 5.78 Å². The van der Waals surface area contributed by atoms with Gasteiger partial charge in [0.1, 0.15) is 0 Å². The SMILES string of the molecule is CN=C(C)C(=O)C=CN(C)C. The Balaban J connectivity index is 4.08. The van der Waals surface area contributed by atoms with Gasteiger partial charge in [-0.05, 0) is 6.92 Å². The van der Waals surface area contributed by atoms with E-state index in [0.717, 1.165) is 0 Å². The summed E-state index contributed by atoms with van der Waals surface area (Å²) in [5.74, 6) is -0.0406. The molecule has 0 aromatic heterocycles. The average Bonchev–Trinajstić information content (AvgIpc) is 1.98. The van der Waals surface area contributed by atoms with Crippen LogP contribution in [0.5, 0.6) is 0 Å². The van der Waals surface area contributed by atoms with Crippen LogP contribution in [0, 0.1) is 0 Å². The predicted molar refractivity (Wildman–Crippen MR) is 46.9 cm³/mol. The monoisotopic (exact) mass is 154 g/mol. The molecule has 0 saturated heterocycles. The fourth-order valence-electron chi connectivity index (χ4n) is 0.448. The van der Waals surface area contributed by atoms with Crippen LogP contribution in [-0.2, 0) is 4.79 Å². The highest BCUT2D eigenvalue weighted by Gasteiger charge is 1.98. The minimum absolute atomic E-state index is 0.0406. The van der Waals surface area contributed by atoms with E-state index in [1.54, 1.807) is 25.1 Å². The molecule has 3 nitrogen and oxygen atoms in total. The second-order valence-electron chi connectivity index (χ2n) is 2.45. The topological polar surface area (TPSA) is 32.7 Å². The van der Waals surface area contributed by atoms with E-state index in [1.165, 1.54) is 6.08 Å². The molecule has 0 spiro atoms. The first-order valence-corrected chi connectivity index (χ1v) is 3.40. The number of hydrogen-bond donors (Lipinski definition) is 0. The molecule has 0 bridgehead atoms. The number of nitrogens with zero attached hydrogens (tertiary/aromatic N) is 2. The zero-order valence-corrected chi connectivity index (χ0v) is 7.46. The highest BCUT2D eigenvalue weighted by atomic mass is 16.1. The third-order valence-corrected chi connectivity index (χ3v) is 1.22. The second kappa shape index (κ2) is 4.66. The van der Waals surface area contributed by atoms with E-state index in [2.05, 4.69) is 4.99 Å². The lowest BCUT2D eigenvalue weighted by Gasteiger charge is -2.01. The van der Waals surface area contributed by atoms with Crippen molar-refractivity contribution >= 4 is 11.5 Å². The van der Waals surface area contributed by atoms with E-state index >= 15 is 0 Å². The van der Waals surface area contributed by atoms with Crippen molar-refractivity contribution in [3.63, 3.8) is 0 Å². The Morgan fingerprint density at radius 1 is 1.45 bits per heavy atom. The van der Waals surface area contributed by atoms with Gasteiger partial charge in [0.05, 0.1) is 5.71 Å². The lowest BCUT2D eigenvalue weighted by molar-refractivity contribution is -0.109. The molecule has 11 heavy (non-hydrogen) atoms. The summed E-state index contributed by atoms with van der Waals surface area (Å²) in [4.78, 5) is 16.6. The minimum atomic E-state index is -0.0406. The Bertz CT molecular complexity index is 192. The third-order valence-electron chi connectivity index (χ3n) is 1.22. The zero-order valence-electron chi connectivity index (χ0n) is 7.46. The van der Waals surface area contributed by atoms with Gasteiger partial charge in [0, 0.05) is 33.4 Å². The summed E-state index contributed by atoms with van der Waals surface area (Å²) in [7, 11) is 5.33. The molecule has 0 aliphatic heterocycles. The summed E-state index contributed by atoms with van der Waals surface area (Å²) in [5.41, 5.74) is 0.531. The molecule has 0 heterocycles. The van der Waals surface area contributed by atoms with Crippen LogP contribution in [0.2, 0.25) is 0 Å². The average molecular weight is 154 g/mol. The quantitative estimate of drug-likeness (QED) is 0.443. The van der Waals surface area contributed by atoms with Crippen LogP contribution in [0.4, 0.5) is 0 Å². The van der Waals surface area contributed by atoms with Gasteiger partial charge in [-0.2, -0.15) is 0 Å². The Morgan fingerprint density at radius 2 is 2.00 bits per heavy atom. The molecule has 0 rings (SSSR count). The van der Waals surface area contributed by atoms with Crippen molar-refractivity contribution < 1.29 is 4.79 Å². The Morgan fingerprint density at radius 3 is 2.36 bits per heavy atom. The highest BCUT2D eigenvalue weighted by Crippen LogP contribution is 1.84. The van der Waals surface area contributed by atoms with Crippen molar-refractivity contribution in [3.8, 4) is 0 Å². The molecule has 0 aromatic carbocycles. The van der Waals surface area contributed by atoms with Crippen molar-refractivity contribution in [2.75, 3.05) is 21.1 Å². The highest BCUT2D eigenvalue weighted by molar-refractivity contribution is 6.43. The standard InChI is InChI=1S/C8H14N2O/c1-7(9-2)8(11)5-6-10(3)4/h5-6H,1-4H3. The fourth-order valence-corrected chi connectivity index (χ4v) is 0.448. The van der Waals surface area contributed by atoms with Crippen LogP contribution in [0.1, 0.15) is 6.92 Å². The fraction of sp³-hybridized carbons (Fsp3) is 0.500. The van der Waals surface area contributed by atoms with Crippen LogP contribution in [-0.4, -0.2) is 37.5 Å². The maximum atomic E-state index is 11.0. The van der Waals surface area contributed by atoms with Gasteiger partial charge in [0.15, 0.2) is 0 Å². The van der Waals surface area contributed by atoms with Gasteiger partial charge >= 0.3 is 0 Å². The lowest BCUT2D eigenvalue weighted by Crippen LogP contribution is -2.08. The van der Waals surface area contributed by atoms with Crippen molar-refractivity contribution in [3.05, 3.63) is 12.3 Å². The normalized spacial score (nSPS) is 12.2. The third kappa shape index (κ3) is 4.31. The summed E-state index contributed by atoms with van der Waals surface area (Å²) < 4.78 is 0. The molecule has 0 atom stereocenters. The summed E-state index contributed by atoms with van der Waals surface area (Å²) in [5, 5.41) is 0. The number of carbonyl (C=O) groups excluding carboxylic acids is 1. The molecule has 0 N–H and O–H groups in total. The van der Waals surface area contributed by atoms with Gasteiger partial charge in [-0.15, -0.1) is 0 Å². The first kappa shape index (κ1) is 9.88. The number of allylic oxidation sites excluding steroid dienone is 1. The maximum Gasteiger partial charge on any atom is 0.200 e. The van der Waals surface area contributed by atoms with E-state index in [4.69, 9.17) is 0 Å². The van der Waals surface area contributed by atoms with Gasteiger partial charge in [-0.3, -0.25) is 9.79 Å². The largest absolute Gasteiger partial charge is 0.383 e. The Kier molecular flexibility index (Phi) is 4.18.